The number of amides is 2. The van der Waals surface area contributed by atoms with E-state index in [1.165, 1.54) is 0 Å². The van der Waals surface area contributed by atoms with E-state index in [2.05, 4.69) is 67.7 Å². The zero-order valence-electron chi connectivity index (χ0n) is 24.2. The summed E-state index contributed by atoms with van der Waals surface area (Å²) in [6.45, 7) is 10.9. The van der Waals surface area contributed by atoms with Crippen LogP contribution in [0.1, 0.15) is 57.6 Å². The third kappa shape index (κ3) is 6.38. The first-order valence-corrected chi connectivity index (χ1v) is 14.3. The number of hydrogen-bond acceptors (Lipinski definition) is 6. The minimum Gasteiger partial charge on any atom is -0.497 e. The molecule has 2 amide bonds. The van der Waals surface area contributed by atoms with Crippen molar-refractivity contribution in [2.75, 3.05) is 12.4 Å². The molecule has 5 aromatic rings. The largest absolute Gasteiger partial charge is 0.497 e. The molecule has 0 atom stereocenters. The lowest BCUT2D eigenvalue weighted by molar-refractivity contribution is 0.251. The molecule has 3 heterocycles. The molecule has 2 aromatic carbocycles. The van der Waals surface area contributed by atoms with Crippen LogP contribution in [0, 0.1) is 0 Å². The van der Waals surface area contributed by atoms with Gasteiger partial charge in [-0.2, -0.15) is 5.10 Å². The molecule has 0 radical (unpaired) electrons. The third-order valence-corrected chi connectivity index (χ3v) is 7.67. The lowest BCUT2D eigenvalue weighted by Crippen LogP contribution is -2.29. The number of nitrogens with zero attached hydrogens (tertiary/aromatic N) is 5. The van der Waals surface area contributed by atoms with Crippen molar-refractivity contribution in [3.05, 3.63) is 90.0 Å². The molecule has 2 N–H and O–H groups in total. The highest BCUT2D eigenvalue weighted by Crippen LogP contribution is 2.32. The Hall–Kier alpha value is -4.31. The molecule has 3 aromatic heterocycles. The molecule has 0 bridgehead atoms. The number of carbonyl (C=O) groups excluding carboxylic acids is 1. The number of methoxy groups -OCH3 is 1. The molecule has 0 saturated heterocycles. The van der Waals surface area contributed by atoms with Crippen LogP contribution in [0.4, 0.5) is 10.6 Å². The van der Waals surface area contributed by atoms with Crippen molar-refractivity contribution in [3.63, 3.8) is 0 Å². The molecule has 41 heavy (non-hydrogen) atoms. The Morgan fingerprint density at radius 3 is 2.59 bits per heavy atom. The number of carbonyl (C=O) groups is 1. The van der Waals surface area contributed by atoms with E-state index in [9.17, 15) is 4.79 Å². The highest BCUT2D eigenvalue weighted by Gasteiger charge is 2.22. The molecular formula is C31H35N7O2S. The van der Waals surface area contributed by atoms with Crippen LogP contribution in [0.3, 0.4) is 0 Å². The van der Waals surface area contributed by atoms with Gasteiger partial charge in [-0.25, -0.2) is 9.48 Å². The van der Waals surface area contributed by atoms with Gasteiger partial charge in [0, 0.05) is 46.0 Å². The summed E-state index contributed by atoms with van der Waals surface area (Å²) in [5.41, 5.74) is 3.30. The van der Waals surface area contributed by atoms with Gasteiger partial charge in [-0.05, 0) is 35.9 Å². The fourth-order valence-electron chi connectivity index (χ4n) is 4.33. The normalized spacial score (nSPS) is 11.7. The Balaban J connectivity index is 1.33. The van der Waals surface area contributed by atoms with Crippen LogP contribution in [0.15, 0.2) is 82.7 Å². The Kier molecular flexibility index (Phi) is 8.03. The van der Waals surface area contributed by atoms with Crippen LogP contribution in [0.5, 0.6) is 5.75 Å². The van der Waals surface area contributed by atoms with Gasteiger partial charge in [0.25, 0.3) is 0 Å². The molecule has 9 nitrogen and oxygen atoms in total. The first kappa shape index (κ1) is 28.2. The average Bonchev–Trinajstić information content (AvgIpc) is 3.57. The summed E-state index contributed by atoms with van der Waals surface area (Å²) >= 11 is 1.64. The van der Waals surface area contributed by atoms with Crippen LogP contribution in [-0.4, -0.2) is 37.5 Å². The van der Waals surface area contributed by atoms with Gasteiger partial charge in [0.15, 0.2) is 5.65 Å². The number of pyridine rings is 1. The summed E-state index contributed by atoms with van der Waals surface area (Å²) < 4.78 is 9.17. The zero-order chi connectivity index (χ0) is 29.1. The number of urea groups is 1. The Morgan fingerprint density at radius 1 is 1.02 bits per heavy atom. The summed E-state index contributed by atoms with van der Waals surface area (Å²) in [4.78, 5) is 15.2. The lowest BCUT2D eigenvalue weighted by Gasteiger charge is -2.14. The number of ether oxygens (including phenoxy) is 1. The van der Waals surface area contributed by atoms with E-state index in [1.807, 2.05) is 65.1 Å². The molecule has 212 valence electrons. The maximum Gasteiger partial charge on any atom is 0.320 e. The summed E-state index contributed by atoms with van der Waals surface area (Å²) in [5, 5.41) is 19.4. The highest BCUT2D eigenvalue weighted by molar-refractivity contribution is 7.99. The van der Waals surface area contributed by atoms with Crippen molar-refractivity contribution < 1.29 is 9.53 Å². The van der Waals surface area contributed by atoms with Gasteiger partial charge in [-0.15, -0.1) is 10.2 Å². The number of benzene rings is 2. The maximum atomic E-state index is 13.1. The lowest BCUT2D eigenvalue weighted by atomic mass is 9.92. The van der Waals surface area contributed by atoms with E-state index in [1.54, 1.807) is 23.6 Å². The molecule has 0 aliphatic carbocycles. The first-order chi connectivity index (χ1) is 19.6. The number of hydrogen-bond donors (Lipinski definition) is 2. The van der Waals surface area contributed by atoms with E-state index in [0.29, 0.717) is 18.1 Å². The molecule has 0 aliphatic rings. The van der Waals surface area contributed by atoms with Gasteiger partial charge >= 0.3 is 6.03 Å². The van der Waals surface area contributed by atoms with Gasteiger partial charge in [0.2, 0.25) is 0 Å². The van der Waals surface area contributed by atoms with Crippen molar-refractivity contribution >= 4 is 29.3 Å². The molecular weight excluding hydrogens is 534 g/mol. The van der Waals surface area contributed by atoms with Crippen LogP contribution < -0.4 is 15.4 Å². The number of aromatic nitrogens is 5. The fourth-order valence-corrected chi connectivity index (χ4v) is 5.30. The van der Waals surface area contributed by atoms with Crippen molar-refractivity contribution in [1.29, 1.82) is 0 Å². The van der Waals surface area contributed by atoms with E-state index in [0.717, 1.165) is 38.2 Å². The van der Waals surface area contributed by atoms with Crippen molar-refractivity contribution in [2.24, 2.45) is 0 Å². The predicted octanol–water partition coefficient (Wildman–Crippen LogP) is 6.82. The van der Waals surface area contributed by atoms with Gasteiger partial charge in [0.1, 0.15) is 17.4 Å². The zero-order valence-corrected chi connectivity index (χ0v) is 25.0. The molecule has 0 fully saturated rings. The van der Waals surface area contributed by atoms with E-state index >= 15 is 0 Å². The second-order valence-corrected chi connectivity index (χ2v) is 12.2. The summed E-state index contributed by atoms with van der Waals surface area (Å²) in [7, 11) is 1.63. The van der Waals surface area contributed by atoms with Gasteiger partial charge < -0.3 is 10.1 Å². The number of fused-ring (bicyclic) bond motifs is 1. The van der Waals surface area contributed by atoms with Crippen LogP contribution in [0.25, 0.3) is 11.3 Å². The third-order valence-electron chi connectivity index (χ3n) is 6.58. The number of nitrogens with one attached hydrogen (secondary N) is 2. The van der Waals surface area contributed by atoms with Crippen LogP contribution >= 0.6 is 11.8 Å². The molecule has 0 aliphatic heterocycles. The minimum atomic E-state index is -0.318. The number of rotatable bonds is 8. The van der Waals surface area contributed by atoms with Gasteiger partial charge in [-0.3, -0.25) is 9.72 Å². The summed E-state index contributed by atoms with van der Waals surface area (Å²) in [6.07, 6.45) is 2.07. The second kappa shape index (κ2) is 11.7. The second-order valence-electron chi connectivity index (χ2n) is 11.1. The van der Waals surface area contributed by atoms with Crippen molar-refractivity contribution in [2.45, 2.75) is 62.3 Å². The van der Waals surface area contributed by atoms with Gasteiger partial charge in [0.05, 0.1) is 18.5 Å². The smallest absolute Gasteiger partial charge is 0.320 e. The summed E-state index contributed by atoms with van der Waals surface area (Å²) in [5.74, 6) is 2.48. The topological polar surface area (TPSA) is 98.4 Å². The SMILES string of the molecule is COc1cccc(-n2nc(C(C)(C)C)cc2NC(=O)NCc2ccccc2Sc2ccc3nnc(C(C)C)n3c2)c1. The fraction of sp³-hybridized carbons (Fsp3) is 0.290. The first-order valence-electron chi connectivity index (χ1n) is 13.5. The predicted molar refractivity (Wildman–Crippen MR) is 162 cm³/mol. The van der Waals surface area contributed by atoms with Gasteiger partial charge in [-0.1, -0.05) is 70.6 Å². The van der Waals surface area contributed by atoms with E-state index in [4.69, 9.17) is 9.84 Å². The van der Waals surface area contributed by atoms with Crippen LogP contribution in [-0.2, 0) is 12.0 Å². The standard InChI is InChI=1S/C31H35N7O2S/c1-20(2)29-35-34-27-15-14-24(19-37(27)29)41-25-13-8-7-10-21(25)18-32-30(39)33-28-17-26(31(3,4)5)36-38(28)22-11-9-12-23(16-22)40-6/h7-17,19-20H,18H2,1-6H3,(H2,32,33,39). The molecule has 10 heteroatoms. The van der Waals surface area contributed by atoms with Crippen molar-refractivity contribution in [1.82, 2.24) is 29.7 Å². The Morgan fingerprint density at radius 2 is 1.83 bits per heavy atom. The molecule has 0 unspecified atom stereocenters. The van der Waals surface area contributed by atoms with E-state index < -0.39 is 0 Å². The quantitative estimate of drug-likeness (QED) is 0.213. The van der Waals surface area contributed by atoms with E-state index in [-0.39, 0.29) is 17.4 Å². The average molecular weight is 570 g/mol. The molecule has 0 spiro atoms. The Labute approximate surface area is 244 Å². The monoisotopic (exact) mass is 569 g/mol. The molecule has 5 rings (SSSR count). The summed E-state index contributed by atoms with van der Waals surface area (Å²) in [6, 6.07) is 21.3. The number of anilines is 1. The van der Waals surface area contributed by atoms with Crippen LogP contribution in [0.2, 0.25) is 0 Å². The molecule has 0 saturated carbocycles. The maximum absolute atomic E-state index is 13.1. The van der Waals surface area contributed by atoms with Crippen molar-refractivity contribution in [3.8, 4) is 11.4 Å². The highest BCUT2D eigenvalue weighted by atomic mass is 32.2. The minimum absolute atomic E-state index is 0.196. The Bertz CT molecular complexity index is 1680.